The van der Waals surface area contributed by atoms with Gasteiger partial charge in [-0.2, -0.15) is 13.2 Å². The molecule has 8 nitrogen and oxygen atoms in total. The average Bonchev–Trinajstić information content (AvgIpc) is 2.83. The van der Waals surface area contributed by atoms with E-state index in [-0.39, 0.29) is 5.92 Å². The predicted octanol–water partition coefficient (Wildman–Crippen LogP) is 2.79. The number of methoxy groups -OCH3 is 1. The Morgan fingerprint density at radius 1 is 1.00 bits per heavy atom. The third kappa shape index (κ3) is 7.09. The van der Waals surface area contributed by atoms with E-state index in [1.165, 1.54) is 57.5 Å². The number of hydrogen-bond acceptors (Lipinski definition) is 5. The van der Waals surface area contributed by atoms with Gasteiger partial charge in [0.1, 0.15) is 17.8 Å². The van der Waals surface area contributed by atoms with Gasteiger partial charge in [0, 0.05) is 11.8 Å². The topological polar surface area (TPSA) is 108 Å². The van der Waals surface area contributed by atoms with Gasteiger partial charge in [-0.25, -0.2) is 0 Å². The lowest BCUT2D eigenvalue weighted by atomic mass is 9.96. The number of ether oxygens (including phenoxy) is 1. The number of aliphatic hydroxyl groups excluding tert-OH is 1. The van der Waals surface area contributed by atoms with E-state index in [4.69, 9.17) is 4.74 Å². The van der Waals surface area contributed by atoms with Crippen molar-refractivity contribution in [2.45, 2.75) is 58.1 Å². The molecule has 0 aromatic heterocycles. The summed E-state index contributed by atoms with van der Waals surface area (Å²) >= 11 is 0. The van der Waals surface area contributed by atoms with Crippen LogP contribution in [0.1, 0.15) is 38.1 Å². The molecule has 2 unspecified atom stereocenters. The summed E-state index contributed by atoms with van der Waals surface area (Å²) in [7, 11) is 1.49. The number of nitrogens with zero attached hydrogens (tertiary/aromatic N) is 1. The van der Waals surface area contributed by atoms with Crippen molar-refractivity contribution in [1.82, 2.24) is 15.5 Å². The number of rotatable bonds is 9. The summed E-state index contributed by atoms with van der Waals surface area (Å²) < 4.78 is 44.4. The van der Waals surface area contributed by atoms with Crippen LogP contribution >= 0.6 is 0 Å². The molecule has 198 valence electrons. The van der Waals surface area contributed by atoms with Crippen LogP contribution < -0.4 is 15.4 Å². The van der Waals surface area contributed by atoms with E-state index in [9.17, 15) is 32.7 Å². The molecule has 1 aromatic carbocycles. The molecule has 0 aliphatic carbocycles. The number of aliphatic hydroxyl groups is 1. The Hall–Kier alpha value is -3.34. The first-order chi connectivity index (χ1) is 16.8. The molecular formula is C25H32F3N3O5. The zero-order chi connectivity index (χ0) is 27.2. The third-order valence-electron chi connectivity index (χ3n) is 5.75. The number of carbonyl (C=O) groups excluding carboxylic acids is 3. The van der Waals surface area contributed by atoms with Crippen LogP contribution in [-0.2, 0) is 9.59 Å². The highest BCUT2D eigenvalue weighted by molar-refractivity contribution is 5.99. The number of hydrogen-bond donors (Lipinski definition) is 3. The van der Waals surface area contributed by atoms with Crippen LogP contribution in [0.4, 0.5) is 13.2 Å². The van der Waals surface area contributed by atoms with Crippen molar-refractivity contribution in [2.24, 2.45) is 11.8 Å². The fraction of sp³-hybridized carbons (Fsp3) is 0.480. The minimum atomic E-state index is -4.94. The quantitative estimate of drug-likeness (QED) is 0.473. The van der Waals surface area contributed by atoms with Gasteiger partial charge in [-0.15, -0.1) is 0 Å². The van der Waals surface area contributed by atoms with Gasteiger partial charge in [-0.3, -0.25) is 14.4 Å². The molecule has 2 rings (SSSR count). The number of benzene rings is 1. The SMILES string of the molecule is COc1ccc(C(=O)N[C@H](C(=O)N2C=CC=C[C@H]2C(=O)NC(C(C)C)C(O)C(F)(F)F)C(C)C)cc1. The number of amides is 3. The molecule has 36 heavy (non-hydrogen) atoms. The summed E-state index contributed by atoms with van der Waals surface area (Å²) in [6, 6.07) is 2.34. The molecule has 4 atom stereocenters. The number of nitrogens with one attached hydrogen (secondary N) is 2. The van der Waals surface area contributed by atoms with E-state index >= 15 is 0 Å². The van der Waals surface area contributed by atoms with Crippen LogP contribution in [-0.4, -0.2) is 65.2 Å². The second kappa shape index (κ2) is 12.1. The lowest BCUT2D eigenvalue weighted by Crippen LogP contribution is -2.59. The normalized spacial score (nSPS) is 18.1. The Kier molecular flexibility index (Phi) is 9.69. The van der Waals surface area contributed by atoms with Gasteiger partial charge >= 0.3 is 6.18 Å². The maximum atomic E-state index is 13.4. The summed E-state index contributed by atoms with van der Waals surface area (Å²) in [6.07, 6.45) is -2.05. The summed E-state index contributed by atoms with van der Waals surface area (Å²) in [5.74, 6) is -2.60. The highest BCUT2D eigenvalue weighted by atomic mass is 19.4. The second-order valence-corrected chi connectivity index (χ2v) is 9.11. The van der Waals surface area contributed by atoms with Gasteiger partial charge in [-0.05, 0) is 42.2 Å². The van der Waals surface area contributed by atoms with Gasteiger partial charge in [0.25, 0.3) is 5.91 Å². The first-order valence-corrected chi connectivity index (χ1v) is 11.4. The Morgan fingerprint density at radius 2 is 1.61 bits per heavy atom. The van der Waals surface area contributed by atoms with Crippen molar-refractivity contribution in [3.8, 4) is 5.75 Å². The van der Waals surface area contributed by atoms with Crippen molar-refractivity contribution in [3.05, 3.63) is 54.3 Å². The molecule has 3 N–H and O–H groups in total. The molecule has 0 fully saturated rings. The molecule has 0 saturated carbocycles. The predicted molar refractivity (Wildman–Crippen MR) is 127 cm³/mol. The molecule has 1 aromatic rings. The van der Waals surface area contributed by atoms with E-state index in [1.54, 1.807) is 26.0 Å². The van der Waals surface area contributed by atoms with E-state index in [0.717, 1.165) is 4.90 Å². The first kappa shape index (κ1) is 28.9. The number of carbonyl (C=O) groups is 3. The number of allylic oxidation sites excluding steroid dienone is 2. The zero-order valence-electron chi connectivity index (χ0n) is 20.7. The first-order valence-electron chi connectivity index (χ1n) is 11.4. The van der Waals surface area contributed by atoms with Gasteiger partial charge in [0.05, 0.1) is 13.2 Å². The summed E-state index contributed by atoms with van der Waals surface area (Å²) in [5.41, 5.74) is 0.290. The maximum Gasteiger partial charge on any atom is 0.416 e. The summed E-state index contributed by atoms with van der Waals surface area (Å²) in [4.78, 5) is 40.3. The molecule has 1 aliphatic rings. The highest BCUT2D eigenvalue weighted by Gasteiger charge is 2.46. The minimum absolute atomic E-state index is 0.290. The second-order valence-electron chi connectivity index (χ2n) is 9.11. The van der Waals surface area contributed by atoms with Crippen LogP contribution in [0.25, 0.3) is 0 Å². The standard InChI is InChI=1S/C25H32F3N3O5/c1-14(2)19(21(32)25(26,27)28)29-23(34)18-8-6-7-13-31(18)24(35)20(15(3)4)30-22(33)16-9-11-17(36-5)12-10-16/h6-15,18-21,32H,1-5H3,(H,29,34)(H,30,33)/t18-,19?,20-,21?/m0/s1. The zero-order valence-corrected chi connectivity index (χ0v) is 20.7. The van der Waals surface area contributed by atoms with Crippen molar-refractivity contribution in [1.29, 1.82) is 0 Å². The Morgan fingerprint density at radius 3 is 2.11 bits per heavy atom. The number of halogens is 3. The van der Waals surface area contributed by atoms with Gasteiger partial charge < -0.3 is 25.4 Å². The molecule has 0 radical (unpaired) electrons. The van der Waals surface area contributed by atoms with Crippen molar-refractivity contribution in [2.75, 3.05) is 7.11 Å². The molecule has 3 amide bonds. The molecular weight excluding hydrogens is 479 g/mol. The third-order valence-corrected chi connectivity index (χ3v) is 5.75. The maximum absolute atomic E-state index is 13.4. The van der Waals surface area contributed by atoms with E-state index in [0.29, 0.717) is 11.3 Å². The lowest BCUT2D eigenvalue weighted by molar-refractivity contribution is -0.215. The molecule has 0 bridgehead atoms. The van der Waals surface area contributed by atoms with Crippen molar-refractivity contribution >= 4 is 17.7 Å². The van der Waals surface area contributed by atoms with Crippen LogP contribution in [0.2, 0.25) is 0 Å². The van der Waals surface area contributed by atoms with Crippen LogP contribution in [0.5, 0.6) is 5.75 Å². The smallest absolute Gasteiger partial charge is 0.416 e. The monoisotopic (exact) mass is 511 g/mol. The van der Waals surface area contributed by atoms with E-state index in [2.05, 4.69) is 10.6 Å². The fourth-order valence-corrected chi connectivity index (χ4v) is 3.63. The lowest BCUT2D eigenvalue weighted by Gasteiger charge is -2.35. The number of alkyl halides is 3. The fourth-order valence-electron chi connectivity index (χ4n) is 3.63. The largest absolute Gasteiger partial charge is 0.497 e. The molecule has 11 heteroatoms. The summed E-state index contributed by atoms with van der Waals surface area (Å²) in [6.45, 7) is 6.29. The van der Waals surface area contributed by atoms with Crippen LogP contribution in [0, 0.1) is 11.8 Å². The highest BCUT2D eigenvalue weighted by Crippen LogP contribution is 2.26. The summed E-state index contributed by atoms with van der Waals surface area (Å²) in [5, 5.41) is 14.6. The van der Waals surface area contributed by atoms with Crippen LogP contribution in [0.3, 0.4) is 0 Å². The Balaban J connectivity index is 2.23. The Labute approximate surface area is 208 Å². The van der Waals surface area contributed by atoms with Gasteiger partial charge in [0.15, 0.2) is 6.10 Å². The molecule has 0 saturated heterocycles. The van der Waals surface area contributed by atoms with Gasteiger partial charge in [-0.1, -0.05) is 39.8 Å². The molecule has 1 heterocycles. The van der Waals surface area contributed by atoms with Crippen LogP contribution in [0.15, 0.2) is 48.7 Å². The molecule has 1 aliphatic heterocycles. The van der Waals surface area contributed by atoms with Gasteiger partial charge in [0.2, 0.25) is 11.8 Å². The Bertz CT molecular complexity index is 990. The average molecular weight is 512 g/mol. The van der Waals surface area contributed by atoms with Crippen molar-refractivity contribution < 1.29 is 37.4 Å². The van der Waals surface area contributed by atoms with E-state index < -0.39 is 54.0 Å². The minimum Gasteiger partial charge on any atom is -0.497 e. The molecule has 0 spiro atoms. The van der Waals surface area contributed by atoms with Crippen molar-refractivity contribution in [3.63, 3.8) is 0 Å². The van der Waals surface area contributed by atoms with E-state index in [1.807, 2.05) is 0 Å².